The first-order chi connectivity index (χ1) is 14.2. The largest absolute Gasteiger partial charge is 0.437 e. The summed E-state index contributed by atoms with van der Waals surface area (Å²) >= 11 is 7.77. The monoisotopic (exact) mass is 419 g/mol. The van der Waals surface area contributed by atoms with Crippen LogP contribution in [0.3, 0.4) is 0 Å². The molecule has 0 spiro atoms. The molecule has 0 aliphatic rings. The van der Waals surface area contributed by atoms with Crippen molar-refractivity contribution in [3.8, 4) is 22.9 Å². The molecule has 144 valence electrons. The summed E-state index contributed by atoms with van der Waals surface area (Å²) in [7, 11) is 0. The first-order valence-electron chi connectivity index (χ1n) is 9.04. The molecule has 0 saturated heterocycles. The van der Waals surface area contributed by atoms with E-state index in [2.05, 4.69) is 14.7 Å². The second-order valence-electron chi connectivity index (χ2n) is 6.29. The number of nitrogens with one attached hydrogen (secondary N) is 1. The lowest BCUT2D eigenvalue weighted by Gasteiger charge is -2.12. The van der Waals surface area contributed by atoms with Gasteiger partial charge in [0.15, 0.2) is 5.75 Å². The molecule has 1 N–H and O–H groups in total. The summed E-state index contributed by atoms with van der Waals surface area (Å²) < 4.78 is 9.27. The molecule has 0 aliphatic carbocycles. The normalized spacial score (nSPS) is 10.6. The van der Waals surface area contributed by atoms with Gasteiger partial charge >= 0.3 is 0 Å². The SMILES string of the molecule is Cc1cccc(Cl)c1Oc1cc(-c2ccccc2)nc(NSc2ccccc2)n1. The van der Waals surface area contributed by atoms with Gasteiger partial charge in [-0.05, 0) is 42.6 Å². The Morgan fingerprint density at radius 1 is 0.862 bits per heavy atom. The minimum atomic E-state index is 0.422. The minimum absolute atomic E-state index is 0.422. The Morgan fingerprint density at radius 3 is 2.31 bits per heavy atom. The van der Waals surface area contributed by atoms with E-state index in [1.807, 2.05) is 85.8 Å². The lowest BCUT2D eigenvalue weighted by atomic mass is 10.1. The molecule has 4 nitrogen and oxygen atoms in total. The average Bonchev–Trinajstić information content (AvgIpc) is 2.76. The van der Waals surface area contributed by atoms with E-state index in [0.717, 1.165) is 21.7 Å². The zero-order valence-electron chi connectivity index (χ0n) is 15.7. The molecule has 0 saturated carbocycles. The average molecular weight is 420 g/mol. The number of hydrogen-bond donors (Lipinski definition) is 1. The molecule has 0 atom stereocenters. The van der Waals surface area contributed by atoms with Crippen LogP contribution in [-0.4, -0.2) is 9.97 Å². The van der Waals surface area contributed by atoms with Gasteiger partial charge in [0, 0.05) is 16.5 Å². The smallest absolute Gasteiger partial charge is 0.237 e. The number of hydrogen-bond acceptors (Lipinski definition) is 5. The van der Waals surface area contributed by atoms with Gasteiger partial charge < -0.3 is 4.74 Å². The van der Waals surface area contributed by atoms with Crippen LogP contribution >= 0.6 is 23.5 Å². The first kappa shape index (κ1) is 19.3. The van der Waals surface area contributed by atoms with Gasteiger partial charge in [0.1, 0.15) is 0 Å². The van der Waals surface area contributed by atoms with Crippen LogP contribution in [0.5, 0.6) is 11.6 Å². The zero-order chi connectivity index (χ0) is 20.1. The predicted octanol–water partition coefficient (Wildman–Crippen LogP) is 7.02. The second-order valence-corrected chi connectivity index (χ2v) is 7.57. The highest BCUT2D eigenvalue weighted by molar-refractivity contribution is 8.00. The molecule has 4 aromatic rings. The fourth-order valence-electron chi connectivity index (χ4n) is 2.72. The van der Waals surface area contributed by atoms with Gasteiger partial charge in [0.25, 0.3) is 0 Å². The zero-order valence-corrected chi connectivity index (χ0v) is 17.2. The lowest BCUT2D eigenvalue weighted by Crippen LogP contribution is -2.00. The molecule has 4 rings (SSSR count). The Hall–Kier alpha value is -3.02. The highest BCUT2D eigenvalue weighted by Crippen LogP contribution is 2.33. The van der Waals surface area contributed by atoms with Crippen molar-refractivity contribution in [2.45, 2.75) is 11.8 Å². The Balaban J connectivity index is 1.68. The predicted molar refractivity (Wildman–Crippen MR) is 120 cm³/mol. The van der Waals surface area contributed by atoms with Gasteiger partial charge in [-0.15, -0.1) is 0 Å². The first-order valence-corrected chi connectivity index (χ1v) is 10.2. The van der Waals surface area contributed by atoms with Crippen molar-refractivity contribution >= 4 is 29.5 Å². The Kier molecular flexibility index (Phi) is 5.98. The van der Waals surface area contributed by atoms with E-state index in [4.69, 9.17) is 16.3 Å². The summed E-state index contributed by atoms with van der Waals surface area (Å²) in [6.07, 6.45) is 0. The van der Waals surface area contributed by atoms with Crippen LogP contribution in [0, 0.1) is 6.92 Å². The number of aryl methyl sites for hydroxylation is 1. The van der Waals surface area contributed by atoms with Crippen molar-refractivity contribution in [3.63, 3.8) is 0 Å². The summed E-state index contributed by atoms with van der Waals surface area (Å²) in [5, 5.41) is 0.540. The molecule has 1 heterocycles. The second kappa shape index (κ2) is 8.99. The van der Waals surface area contributed by atoms with Crippen molar-refractivity contribution in [1.82, 2.24) is 9.97 Å². The molecule has 0 aliphatic heterocycles. The number of aromatic nitrogens is 2. The van der Waals surface area contributed by atoms with Gasteiger partial charge in [-0.3, -0.25) is 4.72 Å². The van der Waals surface area contributed by atoms with Gasteiger partial charge in [0.2, 0.25) is 11.8 Å². The number of rotatable bonds is 6. The third-order valence-corrected chi connectivity index (χ3v) is 5.24. The molecule has 3 aromatic carbocycles. The number of benzene rings is 3. The quantitative estimate of drug-likeness (QED) is 0.340. The molecular weight excluding hydrogens is 402 g/mol. The standard InChI is InChI=1S/C23H18ClN3OS/c1-16-9-8-14-19(24)22(16)28-21-15-20(17-10-4-2-5-11-17)25-23(26-21)27-29-18-12-6-3-7-13-18/h2-15H,1H3,(H,25,26,27). The van der Waals surface area contributed by atoms with Crippen molar-refractivity contribution in [2.75, 3.05) is 4.72 Å². The highest BCUT2D eigenvalue weighted by atomic mass is 35.5. The molecule has 29 heavy (non-hydrogen) atoms. The number of anilines is 1. The molecule has 0 amide bonds. The van der Waals surface area contributed by atoms with Gasteiger partial charge in [-0.1, -0.05) is 72.3 Å². The van der Waals surface area contributed by atoms with Crippen LogP contribution in [0.15, 0.2) is 89.8 Å². The highest BCUT2D eigenvalue weighted by Gasteiger charge is 2.12. The van der Waals surface area contributed by atoms with Crippen molar-refractivity contribution in [1.29, 1.82) is 0 Å². The molecular formula is C23H18ClN3OS. The van der Waals surface area contributed by atoms with E-state index in [1.54, 1.807) is 6.07 Å². The molecule has 0 unspecified atom stereocenters. The molecule has 0 bridgehead atoms. The summed E-state index contributed by atoms with van der Waals surface area (Å²) in [6, 6.07) is 27.4. The van der Waals surface area contributed by atoms with Crippen LogP contribution in [0.1, 0.15) is 5.56 Å². The molecule has 1 aromatic heterocycles. The van der Waals surface area contributed by atoms with E-state index in [0.29, 0.717) is 22.6 Å². The molecule has 0 fully saturated rings. The van der Waals surface area contributed by atoms with Crippen LogP contribution in [-0.2, 0) is 0 Å². The summed E-state index contributed by atoms with van der Waals surface area (Å²) in [4.78, 5) is 10.2. The van der Waals surface area contributed by atoms with E-state index < -0.39 is 0 Å². The van der Waals surface area contributed by atoms with Crippen molar-refractivity contribution < 1.29 is 4.74 Å². The van der Waals surface area contributed by atoms with Crippen LogP contribution in [0.4, 0.5) is 5.95 Å². The van der Waals surface area contributed by atoms with Crippen LogP contribution in [0.2, 0.25) is 5.02 Å². The Morgan fingerprint density at radius 2 is 1.59 bits per heavy atom. The topological polar surface area (TPSA) is 47.0 Å². The minimum Gasteiger partial charge on any atom is -0.437 e. The van der Waals surface area contributed by atoms with E-state index in [9.17, 15) is 0 Å². The maximum atomic E-state index is 6.33. The Bertz CT molecular complexity index is 1090. The van der Waals surface area contributed by atoms with Gasteiger partial charge in [-0.2, -0.15) is 4.98 Å². The maximum Gasteiger partial charge on any atom is 0.237 e. The van der Waals surface area contributed by atoms with E-state index in [-0.39, 0.29) is 0 Å². The number of nitrogens with zero attached hydrogens (tertiary/aromatic N) is 2. The molecule has 0 radical (unpaired) electrons. The van der Waals surface area contributed by atoms with E-state index in [1.165, 1.54) is 11.9 Å². The van der Waals surface area contributed by atoms with E-state index >= 15 is 0 Å². The fraction of sp³-hybridized carbons (Fsp3) is 0.0435. The number of para-hydroxylation sites is 1. The third-order valence-electron chi connectivity index (χ3n) is 4.15. The van der Waals surface area contributed by atoms with Crippen LogP contribution in [0.25, 0.3) is 11.3 Å². The Labute approximate surface area is 179 Å². The van der Waals surface area contributed by atoms with Gasteiger partial charge in [-0.25, -0.2) is 4.98 Å². The van der Waals surface area contributed by atoms with Crippen LogP contribution < -0.4 is 9.46 Å². The summed E-state index contributed by atoms with van der Waals surface area (Å²) in [5.41, 5.74) is 2.67. The summed E-state index contributed by atoms with van der Waals surface area (Å²) in [5.74, 6) is 1.47. The molecule has 6 heteroatoms. The third kappa shape index (κ3) is 4.88. The fourth-order valence-corrected chi connectivity index (χ4v) is 3.58. The maximum absolute atomic E-state index is 6.33. The number of halogens is 1. The lowest BCUT2D eigenvalue weighted by molar-refractivity contribution is 0.460. The summed E-state index contributed by atoms with van der Waals surface area (Å²) in [6.45, 7) is 1.95. The van der Waals surface area contributed by atoms with Crippen molar-refractivity contribution in [3.05, 3.63) is 95.5 Å². The van der Waals surface area contributed by atoms with Gasteiger partial charge in [0.05, 0.1) is 10.7 Å². The van der Waals surface area contributed by atoms with Crippen molar-refractivity contribution in [2.24, 2.45) is 0 Å². The number of ether oxygens (including phenoxy) is 1.